The number of amides is 2. The number of thioether (sulfide) groups is 1. The Morgan fingerprint density at radius 3 is 2.46 bits per heavy atom. The molecule has 0 atom stereocenters. The lowest BCUT2D eigenvalue weighted by Crippen LogP contribution is -2.31. The first-order valence-corrected chi connectivity index (χ1v) is 9.47. The number of methoxy groups -OCH3 is 1. The third-order valence-electron chi connectivity index (χ3n) is 4.10. The number of ether oxygens (including phenoxy) is 1. The first-order chi connectivity index (χ1) is 13.2. The van der Waals surface area contributed by atoms with Gasteiger partial charge in [0.1, 0.15) is 0 Å². The minimum absolute atomic E-state index is 0.153. The first-order valence-electron chi connectivity index (χ1n) is 8.65. The standard InChI is InChI=1S/C21H20N2O4S/c1-21(2,3)19(26)22-20-23(18(25)16(28-20)12-17(24)27-4)15-11-7-9-13-8-5-6-10-14(13)15/h5-12H,1-4H3/b16-12-,22-20?. The third kappa shape index (κ3) is 3.84. The van der Waals surface area contributed by atoms with Crippen LogP contribution in [0.2, 0.25) is 0 Å². The lowest BCUT2D eigenvalue weighted by atomic mass is 9.96. The van der Waals surface area contributed by atoms with E-state index in [0.717, 1.165) is 28.6 Å². The largest absolute Gasteiger partial charge is 0.466 e. The zero-order chi connectivity index (χ0) is 20.5. The van der Waals surface area contributed by atoms with Crippen molar-refractivity contribution in [3.63, 3.8) is 0 Å². The van der Waals surface area contributed by atoms with E-state index in [1.165, 1.54) is 12.0 Å². The third-order valence-corrected chi connectivity index (χ3v) is 5.07. The Morgan fingerprint density at radius 1 is 1.11 bits per heavy atom. The molecule has 1 aliphatic heterocycles. The average Bonchev–Trinajstić information content (AvgIpc) is 2.95. The first kappa shape index (κ1) is 19.8. The van der Waals surface area contributed by atoms with E-state index < -0.39 is 17.3 Å². The number of carbonyl (C=O) groups excluding carboxylic acids is 3. The number of hydrogen-bond donors (Lipinski definition) is 0. The normalized spacial score (nSPS) is 17.6. The zero-order valence-corrected chi connectivity index (χ0v) is 16.9. The number of carbonyl (C=O) groups is 3. The second kappa shape index (κ2) is 7.59. The molecule has 0 saturated carbocycles. The summed E-state index contributed by atoms with van der Waals surface area (Å²) >= 11 is 0.984. The fourth-order valence-corrected chi connectivity index (χ4v) is 3.52. The minimum Gasteiger partial charge on any atom is -0.466 e. The van der Waals surface area contributed by atoms with Crippen LogP contribution in [0.3, 0.4) is 0 Å². The Hall–Kier alpha value is -2.93. The maximum atomic E-state index is 13.1. The van der Waals surface area contributed by atoms with Crippen molar-refractivity contribution in [2.24, 2.45) is 10.4 Å². The Morgan fingerprint density at radius 2 is 1.79 bits per heavy atom. The molecule has 2 aromatic rings. The molecule has 7 heteroatoms. The summed E-state index contributed by atoms with van der Waals surface area (Å²) in [5.41, 5.74) is -0.0973. The summed E-state index contributed by atoms with van der Waals surface area (Å²) < 4.78 is 4.64. The number of amidine groups is 1. The van der Waals surface area contributed by atoms with Gasteiger partial charge in [-0.05, 0) is 23.2 Å². The van der Waals surface area contributed by atoms with Crippen molar-refractivity contribution in [1.29, 1.82) is 0 Å². The van der Waals surface area contributed by atoms with Crippen molar-refractivity contribution >= 4 is 51.2 Å². The topological polar surface area (TPSA) is 76.0 Å². The van der Waals surface area contributed by atoms with Crippen LogP contribution in [0.15, 0.2) is 58.4 Å². The highest BCUT2D eigenvalue weighted by molar-refractivity contribution is 8.19. The predicted molar refractivity (Wildman–Crippen MR) is 111 cm³/mol. The number of nitrogens with zero attached hydrogens (tertiary/aromatic N) is 2. The van der Waals surface area contributed by atoms with Gasteiger partial charge >= 0.3 is 5.97 Å². The fraction of sp³-hybridized carbons (Fsp3) is 0.238. The van der Waals surface area contributed by atoms with Crippen LogP contribution in [-0.2, 0) is 19.1 Å². The second-order valence-electron chi connectivity index (χ2n) is 7.22. The van der Waals surface area contributed by atoms with Gasteiger partial charge in [0, 0.05) is 16.9 Å². The van der Waals surface area contributed by atoms with E-state index in [1.807, 2.05) is 36.4 Å². The quantitative estimate of drug-likeness (QED) is 0.568. The van der Waals surface area contributed by atoms with Crippen molar-refractivity contribution < 1.29 is 19.1 Å². The minimum atomic E-state index is -0.699. The Bertz CT molecular complexity index is 1030. The molecule has 0 N–H and O–H groups in total. The van der Waals surface area contributed by atoms with Crippen LogP contribution >= 0.6 is 11.8 Å². The van der Waals surface area contributed by atoms with E-state index in [0.29, 0.717) is 5.69 Å². The number of anilines is 1. The monoisotopic (exact) mass is 396 g/mol. The van der Waals surface area contributed by atoms with Gasteiger partial charge in [0.05, 0.1) is 17.7 Å². The summed E-state index contributed by atoms with van der Waals surface area (Å²) in [6, 6.07) is 13.2. The zero-order valence-electron chi connectivity index (χ0n) is 16.1. The highest BCUT2D eigenvalue weighted by atomic mass is 32.2. The van der Waals surface area contributed by atoms with Crippen LogP contribution in [0.5, 0.6) is 0 Å². The van der Waals surface area contributed by atoms with E-state index in [1.54, 1.807) is 26.8 Å². The molecule has 3 rings (SSSR count). The van der Waals surface area contributed by atoms with Crippen LogP contribution in [-0.4, -0.2) is 30.1 Å². The fourth-order valence-electron chi connectivity index (χ4n) is 2.59. The van der Waals surface area contributed by atoms with Gasteiger partial charge in [-0.2, -0.15) is 4.99 Å². The summed E-state index contributed by atoms with van der Waals surface area (Å²) in [7, 11) is 1.24. The molecular weight excluding hydrogens is 376 g/mol. The summed E-state index contributed by atoms with van der Waals surface area (Å²) in [6.07, 6.45) is 1.12. The number of rotatable bonds is 2. The summed E-state index contributed by atoms with van der Waals surface area (Å²) in [6.45, 7) is 5.27. The lowest BCUT2D eigenvalue weighted by molar-refractivity contribution is -0.135. The SMILES string of the molecule is COC(=O)/C=C1\SC(=NC(=O)C(C)(C)C)N(c2cccc3ccccc23)C1=O. The van der Waals surface area contributed by atoms with Crippen LogP contribution in [0, 0.1) is 5.41 Å². The van der Waals surface area contributed by atoms with Crippen molar-refractivity contribution in [3.05, 3.63) is 53.4 Å². The van der Waals surface area contributed by atoms with Gasteiger partial charge in [0.25, 0.3) is 11.8 Å². The van der Waals surface area contributed by atoms with E-state index >= 15 is 0 Å². The molecule has 1 fully saturated rings. The summed E-state index contributed by atoms with van der Waals surface area (Å²) in [5, 5.41) is 2.01. The molecule has 144 valence electrons. The predicted octanol–water partition coefficient (Wildman–Crippen LogP) is 3.91. The van der Waals surface area contributed by atoms with Gasteiger partial charge < -0.3 is 4.74 Å². The highest BCUT2D eigenvalue weighted by Crippen LogP contribution is 2.38. The number of hydrogen-bond acceptors (Lipinski definition) is 5. The molecule has 2 aromatic carbocycles. The molecule has 1 aliphatic rings. The molecule has 0 aromatic heterocycles. The van der Waals surface area contributed by atoms with Crippen molar-refractivity contribution in [2.75, 3.05) is 12.0 Å². The van der Waals surface area contributed by atoms with Crippen molar-refractivity contribution in [3.8, 4) is 0 Å². The van der Waals surface area contributed by atoms with Crippen LogP contribution < -0.4 is 4.90 Å². The Balaban J connectivity index is 2.17. The van der Waals surface area contributed by atoms with E-state index in [-0.39, 0.29) is 16.0 Å². The molecule has 0 unspecified atom stereocenters. The molecular formula is C21H20N2O4S. The van der Waals surface area contributed by atoms with Crippen LogP contribution in [0.4, 0.5) is 5.69 Å². The lowest BCUT2D eigenvalue weighted by Gasteiger charge is -2.19. The molecule has 0 spiro atoms. The molecule has 28 heavy (non-hydrogen) atoms. The van der Waals surface area contributed by atoms with E-state index in [9.17, 15) is 14.4 Å². The molecule has 1 saturated heterocycles. The second-order valence-corrected chi connectivity index (χ2v) is 8.23. The summed E-state index contributed by atoms with van der Waals surface area (Å²) in [4.78, 5) is 43.0. The number of fused-ring (bicyclic) bond motifs is 1. The van der Waals surface area contributed by atoms with Gasteiger partial charge in [-0.25, -0.2) is 4.79 Å². The van der Waals surface area contributed by atoms with Gasteiger partial charge in [0.2, 0.25) is 0 Å². The highest BCUT2D eigenvalue weighted by Gasteiger charge is 2.37. The molecule has 0 bridgehead atoms. The molecule has 0 radical (unpaired) electrons. The van der Waals surface area contributed by atoms with Gasteiger partial charge in [-0.1, -0.05) is 57.2 Å². The Kier molecular flexibility index (Phi) is 5.38. The number of esters is 1. The van der Waals surface area contributed by atoms with Crippen molar-refractivity contribution in [1.82, 2.24) is 0 Å². The molecule has 2 amide bonds. The van der Waals surface area contributed by atoms with E-state index in [4.69, 9.17) is 0 Å². The van der Waals surface area contributed by atoms with Gasteiger partial charge in [-0.3, -0.25) is 14.5 Å². The maximum Gasteiger partial charge on any atom is 0.331 e. The maximum absolute atomic E-state index is 13.1. The summed E-state index contributed by atoms with van der Waals surface area (Å²) in [5.74, 6) is -1.42. The van der Waals surface area contributed by atoms with Crippen molar-refractivity contribution in [2.45, 2.75) is 20.8 Å². The van der Waals surface area contributed by atoms with Crippen LogP contribution in [0.1, 0.15) is 20.8 Å². The van der Waals surface area contributed by atoms with E-state index in [2.05, 4.69) is 9.73 Å². The molecule has 1 heterocycles. The Labute approximate surface area is 167 Å². The van der Waals surface area contributed by atoms with Gasteiger partial charge in [-0.15, -0.1) is 0 Å². The number of benzene rings is 2. The average molecular weight is 396 g/mol. The molecule has 0 aliphatic carbocycles. The van der Waals surface area contributed by atoms with Gasteiger partial charge in [0.15, 0.2) is 5.17 Å². The number of aliphatic imine (C=N–C) groups is 1. The smallest absolute Gasteiger partial charge is 0.331 e. The van der Waals surface area contributed by atoms with Crippen LogP contribution in [0.25, 0.3) is 10.8 Å². The molecule has 6 nitrogen and oxygen atoms in total.